The van der Waals surface area contributed by atoms with Gasteiger partial charge in [0.1, 0.15) is 22.3 Å². The number of hydrogen-bond acceptors (Lipinski definition) is 4. The Morgan fingerprint density at radius 2 is 0.667 bits per heavy atom. The lowest BCUT2D eigenvalue weighted by molar-refractivity contribution is 0.669. The van der Waals surface area contributed by atoms with Crippen LogP contribution in [0, 0.1) is 22.7 Å². The highest BCUT2D eigenvalue weighted by Crippen LogP contribution is 2.40. The summed E-state index contributed by atoms with van der Waals surface area (Å²) >= 11 is 0. The van der Waals surface area contributed by atoms with E-state index in [0.717, 1.165) is 99.5 Å². The standard InChI is InChI=1S/C50H28N2O2/c51-29-31-23-37(27-39(25-31)41-9-5-11-45-43-7-1-3-13-47(43)53-49(41)45)35-19-15-33(16-20-35)34-17-21-36(22-18-34)38-24-32(30-52)26-40(28-38)42-10-6-12-46-44-8-2-4-14-48(44)54-50(42)46/h1-28H. The molecule has 0 aliphatic rings. The van der Waals surface area contributed by atoms with Crippen molar-refractivity contribution in [2.75, 3.05) is 0 Å². The van der Waals surface area contributed by atoms with Gasteiger partial charge in [-0.3, -0.25) is 0 Å². The molecular formula is C50H28N2O2. The summed E-state index contributed by atoms with van der Waals surface area (Å²) in [5.41, 5.74) is 14.4. The molecule has 4 nitrogen and oxygen atoms in total. The Morgan fingerprint density at radius 3 is 1.07 bits per heavy atom. The van der Waals surface area contributed by atoms with Gasteiger partial charge < -0.3 is 8.83 Å². The van der Waals surface area contributed by atoms with Crippen molar-refractivity contribution in [2.24, 2.45) is 0 Å². The van der Waals surface area contributed by atoms with Gasteiger partial charge in [-0.2, -0.15) is 10.5 Å². The number of rotatable bonds is 5. The van der Waals surface area contributed by atoms with Crippen molar-refractivity contribution in [3.05, 3.63) is 181 Å². The third-order valence-corrected chi connectivity index (χ3v) is 10.3. The largest absolute Gasteiger partial charge is 0.455 e. The van der Waals surface area contributed by atoms with Crippen LogP contribution in [0.4, 0.5) is 0 Å². The topological polar surface area (TPSA) is 73.9 Å². The third kappa shape index (κ3) is 5.22. The number of benzene rings is 8. The molecule has 0 amide bonds. The smallest absolute Gasteiger partial charge is 0.143 e. The van der Waals surface area contributed by atoms with Gasteiger partial charge in [-0.15, -0.1) is 0 Å². The van der Waals surface area contributed by atoms with Crippen molar-refractivity contribution in [2.45, 2.75) is 0 Å². The first kappa shape index (κ1) is 31.1. The summed E-state index contributed by atoms with van der Waals surface area (Å²) in [7, 11) is 0. The first-order chi connectivity index (χ1) is 26.6. The van der Waals surface area contributed by atoms with E-state index in [2.05, 4.69) is 109 Å². The van der Waals surface area contributed by atoms with Crippen molar-refractivity contribution in [1.29, 1.82) is 10.5 Å². The molecule has 54 heavy (non-hydrogen) atoms. The summed E-state index contributed by atoms with van der Waals surface area (Å²) in [6.07, 6.45) is 0. The summed E-state index contributed by atoms with van der Waals surface area (Å²) in [6, 6.07) is 62.0. The quantitative estimate of drug-likeness (QED) is 0.180. The summed E-state index contributed by atoms with van der Waals surface area (Å²) < 4.78 is 12.6. The number of fused-ring (bicyclic) bond motifs is 6. The van der Waals surface area contributed by atoms with Gasteiger partial charge in [0.2, 0.25) is 0 Å². The predicted molar refractivity (Wildman–Crippen MR) is 218 cm³/mol. The number of furan rings is 2. The summed E-state index contributed by atoms with van der Waals surface area (Å²) in [5, 5.41) is 24.2. The second-order valence-electron chi connectivity index (χ2n) is 13.5. The molecule has 0 saturated carbocycles. The molecule has 0 spiro atoms. The first-order valence-corrected chi connectivity index (χ1v) is 17.8. The maximum absolute atomic E-state index is 9.98. The highest BCUT2D eigenvalue weighted by Gasteiger charge is 2.16. The molecule has 0 atom stereocenters. The summed E-state index contributed by atoms with van der Waals surface area (Å²) in [5.74, 6) is 0. The fourth-order valence-electron chi connectivity index (χ4n) is 7.69. The average Bonchev–Trinajstić information content (AvgIpc) is 3.82. The predicted octanol–water partition coefficient (Wildman–Crippen LogP) is 13.6. The Kier molecular flexibility index (Phi) is 7.22. The average molecular weight is 689 g/mol. The molecule has 0 radical (unpaired) electrons. The van der Waals surface area contributed by atoms with Crippen LogP contribution in [0.5, 0.6) is 0 Å². The van der Waals surface area contributed by atoms with Crippen LogP contribution >= 0.6 is 0 Å². The number of nitriles is 2. The zero-order valence-corrected chi connectivity index (χ0v) is 28.9. The zero-order chi connectivity index (χ0) is 36.2. The normalized spacial score (nSPS) is 11.3. The number of nitrogens with zero attached hydrogens (tertiary/aromatic N) is 2. The fraction of sp³-hybridized carbons (Fsp3) is 0. The molecule has 0 unspecified atom stereocenters. The molecule has 0 aliphatic carbocycles. The summed E-state index contributed by atoms with van der Waals surface area (Å²) in [6.45, 7) is 0. The van der Waals surface area contributed by atoms with Gasteiger partial charge in [0.25, 0.3) is 0 Å². The molecule has 0 aliphatic heterocycles. The van der Waals surface area contributed by atoms with Crippen LogP contribution < -0.4 is 0 Å². The monoisotopic (exact) mass is 688 g/mol. The van der Waals surface area contributed by atoms with E-state index < -0.39 is 0 Å². The maximum atomic E-state index is 9.98. The Balaban J connectivity index is 0.963. The van der Waals surface area contributed by atoms with Gasteiger partial charge in [0, 0.05) is 32.7 Å². The molecule has 10 rings (SSSR count). The highest BCUT2D eigenvalue weighted by atomic mass is 16.3. The van der Waals surface area contributed by atoms with Crippen LogP contribution in [0.3, 0.4) is 0 Å². The van der Waals surface area contributed by atoms with E-state index in [0.29, 0.717) is 11.1 Å². The van der Waals surface area contributed by atoms with Crippen LogP contribution in [-0.4, -0.2) is 0 Å². The summed E-state index contributed by atoms with van der Waals surface area (Å²) in [4.78, 5) is 0. The van der Waals surface area contributed by atoms with Crippen LogP contribution in [0.2, 0.25) is 0 Å². The minimum Gasteiger partial charge on any atom is -0.455 e. The van der Waals surface area contributed by atoms with Crippen LogP contribution in [-0.2, 0) is 0 Å². The molecule has 0 N–H and O–H groups in total. The third-order valence-electron chi connectivity index (χ3n) is 10.3. The van der Waals surface area contributed by atoms with Crippen LogP contribution in [0.25, 0.3) is 99.5 Å². The zero-order valence-electron chi connectivity index (χ0n) is 28.9. The molecular weight excluding hydrogens is 661 g/mol. The van der Waals surface area contributed by atoms with Gasteiger partial charge >= 0.3 is 0 Å². The van der Waals surface area contributed by atoms with Gasteiger partial charge in [-0.05, 0) is 93.0 Å². The van der Waals surface area contributed by atoms with Crippen LogP contribution in [0.1, 0.15) is 11.1 Å². The van der Waals surface area contributed by atoms with E-state index in [9.17, 15) is 10.5 Å². The Labute approximate surface area is 311 Å². The lowest BCUT2D eigenvalue weighted by Crippen LogP contribution is -1.87. The molecule has 10 aromatic rings. The fourth-order valence-corrected chi connectivity index (χ4v) is 7.69. The van der Waals surface area contributed by atoms with Crippen molar-refractivity contribution >= 4 is 43.9 Å². The van der Waals surface area contributed by atoms with E-state index >= 15 is 0 Å². The van der Waals surface area contributed by atoms with Gasteiger partial charge in [0.15, 0.2) is 0 Å². The van der Waals surface area contributed by atoms with E-state index in [4.69, 9.17) is 8.83 Å². The molecule has 0 bridgehead atoms. The van der Waals surface area contributed by atoms with E-state index in [-0.39, 0.29) is 0 Å². The molecule has 2 heterocycles. The van der Waals surface area contributed by atoms with E-state index in [1.54, 1.807) is 0 Å². The molecule has 0 fully saturated rings. The first-order valence-electron chi connectivity index (χ1n) is 17.8. The van der Waals surface area contributed by atoms with E-state index in [1.807, 2.05) is 72.8 Å². The minimum absolute atomic E-state index is 0.591. The molecule has 4 heteroatoms. The van der Waals surface area contributed by atoms with Gasteiger partial charge in [-0.25, -0.2) is 0 Å². The molecule has 250 valence electrons. The van der Waals surface area contributed by atoms with Crippen molar-refractivity contribution in [3.63, 3.8) is 0 Å². The van der Waals surface area contributed by atoms with Gasteiger partial charge in [-0.1, -0.05) is 121 Å². The van der Waals surface area contributed by atoms with Crippen molar-refractivity contribution < 1.29 is 8.83 Å². The number of hydrogen-bond donors (Lipinski definition) is 0. The second-order valence-corrected chi connectivity index (χ2v) is 13.5. The minimum atomic E-state index is 0.591. The highest BCUT2D eigenvalue weighted by molar-refractivity contribution is 6.10. The van der Waals surface area contributed by atoms with Crippen molar-refractivity contribution in [1.82, 2.24) is 0 Å². The lowest BCUT2D eigenvalue weighted by atomic mass is 9.93. The Hall–Kier alpha value is -7.66. The molecule has 8 aromatic carbocycles. The number of para-hydroxylation sites is 4. The Morgan fingerprint density at radius 1 is 0.315 bits per heavy atom. The molecule has 2 aromatic heterocycles. The Bertz CT molecular complexity index is 2950. The maximum Gasteiger partial charge on any atom is 0.143 e. The molecule has 0 saturated heterocycles. The van der Waals surface area contributed by atoms with E-state index in [1.165, 1.54) is 0 Å². The lowest BCUT2D eigenvalue weighted by Gasteiger charge is -2.11. The van der Waals surface area contributed by atoms with Gasteiger partial charge in [0.05, 0.1) is 23.3 Å². The SMILES string of the molecule is N#Cc1cc(-c2ccc(-c3ccc(-c4cc(C#N)cc(-c5cccc6c5oc5ccccc56)c4)cc3)cc2)cc(-c2cccc3c2oc2ccccc23)c1. The van der Waals surface area contributed by atoms with Crippen molar-refractivity contribution in [3.8, 4) is 67.8 Å². The van der Waals surface area contributed by atoms with Crippen LogP contribution in [0.15, 0.2) is 179 Å². The second kappa shape index (κ2) is 12.5.